The molecule has 0 radical (unpaired) electrons. The first kappa shape index (κ1) is 62.8. The topological polar surface area (TPSA) is 78.9 Å². The maximum atomic E-state index is 12.8. The van der Waals surface area contributed by atoms with Crippen LogP contribution >= 0.6 is 0 Å². The minimum Gasteiger partial charge on any atom is -0.462 e. The summed E-state index contributed by atoms with van der Waals surface area (Å²) in [7, 11) is 0. The number of hydrogen-bond donors (Lipinski definition) is 0. The van der Waals surface area contributed by atoms with Gasteiger partial charge in [0, 0.05) is 19.3 Å². The lowest BCUT2D eigenvalue weighted by molar-refractivity contribution is -0.167. The lowest BCUT2D eigenvalue weighted by Gasteiger charge is -2.18. The lowest BCUT2D eigenvalue weighted by atomic mass is 10.1. The van der Waals surface area contributed by atoms with E-state index in [-0.39, 0.29) is 37.5 Å². The summed E-state index contributed by atoms with van der Waals surface area (Å²) in [5, 5.41) is 0. The van der Waals surface area contributed by atoms with Crippen LogP contribution in [0.15, 0.2) is 122 Å². The van der Waals surface area contributed by atoms with Gasteiger partial charge in [0.15, 0.2) is 6.10 Å². The van der Waals surface area contributed by atoms with Crippen molar-refractivity contribution in [2.24, 2.45) is 0 Å². The summed E-state index contributed by atoms with van der Waals surface area (Å²) >= 11 is 0. The molecule has 0 saturated carbocycles. The third-order valence-electron chi connectivity index (χ3n) is 11.0. The van der Waals surface area contributed by atoms with Gasteiger partial charge in [0.05, 0.1) is 0 Å². The Morgan fingerprint density at radius 3 is 0.925 bits per heavy atom. The predicted octanol–water partition coefficient (Wildman–Crippen LogP) is 18.1. The maximum absolute atomic E-state index is 12.8. The average Bonchev–Trinajstić information content (AvgIpc) is 3.33. The monoisotopic (exact) mass is 927 g/mol. The van der Waals surface area contributed by atoms with Crippen molar-refractivity contribution in [1.82, 2.24) is 0 Å². The molecule has 0 N–H and O–H groups in total. The second kappa shape index (κ2) is 54.4. The highest BCUT2D eigenvalue weighted by molar-refractivity contribution is 5.71. The summed E-state index contributed by atoms with van der Waals surface area (Å²) in [5.74, 6) is -0.954. The van der Waals surface area contributed by atoms with Gasteiger partial charge in [0.1, 0.15) is 13.2 Å². The van der Waals surface area contributed by atoms with Crippen LogP contribution in [0.3, 0.4) is 0 Å². The molecule has 0 bridgehead atoms. The molecule has 0 rings (SSSR count). The fourth-order valence-corrected chi connectivity index (χ4v) is 6.96. The van der Waals surface area contributed by atoms with E-state index in [4.69, 9.17) is 14.2 Å². The van der Waals surface area contributed by atoms with E-state index in [2.05, 4.69) is 142 Å². The highest BCUT2D eigenvalue weighted by atomic mass is 16.6. The molecule has 1 unspecified atom stereocenters. The van der Waals surface area contributed by atoms with Crippen molar-refractivity contribution in [3.63, 3.8) is 0 Å². The number of esters is 3. The van der Waals surface area contributed by atoms with E-state index in [1.54, 1.807) is 0 Å². The van der Waals surface area contributed by atoms with Crippen LogP contribution in [0.25, 0.3) is 0 Å². The average molecular weight is 927 g/mol. The Bertz CT molecular complexity index is 1440. The van der Waals surface area contributed by atoms with Crippen LogP contribution in [0.1, 0.15) is 226 Å². The summed E-state index contributed by atoms with van der Waals surface area (Å²) in [5.41, 5.74) is 0. The van der Waals surface area contributed by atoms with Crippen LogP contribution in [-0.2, 0) is 28.6 Å². The van der Waals surface area contributed by atoms with Gasteiger partial charge in [-0.25, -0.2) is 0 Å². The number of carbonyl (C=O) groups excluding carboxylic acids is 3. The van der Waals surface area contributed by atoms with Gasteiger partial charge >= 0.3 is 17.9 Å². The largest absolute Gasteiger partial charge is 0.462 e. The maximum Gasteiger partial charge on any atom is 0.306 e. The Morgan fingerprint density at radius 2 is 0.582 bits per heavy atom. The molecular weight excluding hydrogens is 829 g/mol. The lowest BCUT2D eigenvalue weighted by Crippen LogP contribution is -2.30. The molecule has 0 aromatic carbocycles. The van der Waals surface area contributed by atoms with Crippen LogP contribution in [0, 0.1) is 0 Å². The van der Waals surface area contributed by atoms with Gasteiger partial charge in [-0.3, -0.25) is 14.4 Å². The second-order valence-electron chi connectivity index (χ2n) is 17.4. The molecule has 6 nitrogen and oxygen atoms in total. The number of unbranched alkanes of at least 4 members (excludes halogenated alkanes) is 16. The van der Waals surface area contributed by atoms with Crippen molar-refractivity contribution in [2.45, 2.75) is 232 Å². The Hall–Kier alpha value is -4.19. The third kappa shape index (κ3) is 52.6. The van der Waals surface area contributed by atoms with Crippen LogP contribution in [-0.4, -0.2) is 37.2 Å². The molecule has 1 atom stereocenters. The fourth-order valence-electron chi connectivity index (χ4n) is 6.96. The number of hydrogen-bond acceptors (Lipinski definition) is 6. The van der Waals surface area contributed by atoms with Crippen molar-refractivity contribution in [3.8, 4) is 0 Å². The van der Waals surface area contributed by atoms with Gasteiger partial charge in [0.25, 0.3) is 0 Å². The molecule has 0 aliphatic rings. The van der Waals surface area contributed by atoms with E-state index in [1.165, 1.54) is 51.4 Å². The molecule has 0 aliphatic heterocycles. The van der Waals surface area contributed by atoms with Gasteiger partial charge in [-0.2, -0.15) is 0 Å². The van der Waals surface area contributed by atoms with Gasteiger partial charge in [-0.05, 0) is 109 Å². The van der Waals surface area contributed by atoms with Crippen molar-refractivity contribution < 1.29 is 28.6 Å². The van der Waals surface area contributed by atoms with E-state index >= 15 is 0 Å². The molecular formula is C61H98O6. The molecule has 0 heterocycles. The van der Waals surface area contributed by atoms with Crippen molar-refractivity contribution >= 4 is 17.9 Å². The molecule has 378 valence electrons. The van der Waals surface area contributed by atoms with Gasteiger partial charge in [-0.15, -0.1) is 0 Å². The highest BCUT2D eigenvalue weighted by Gasteiger charge is 2.19. The number of ether oxygens (including phenoxy) is 3. The van der Waals surface area contributed by atoms with Gasteiger partial charge < -0.3 is 14.2 Å². The first-order valence-corrected chi connectivity index (χ1v) is 27.0. The molecule has 6 heteroatoms. The van der Waals surface area contributed by atoms with Crippen molar-refractivity contribution in [2.75, 3.05) is 13.2 Å². The van der Waals surface area contributed by atoms with Crippen LogP contribution in [0.2, 0.25) is 0 Å². The first-order valence-electron chi connectivity index (χ1n) is 27.0. The molecule has 0 amide bonds. The SMILES string of the molecule is CC/C=C\C/C=C\C/C=C\C/C=C\C/C=C\CCCCCCCCCC(=O)OCC(COC(=O)CCCCCCCCC)OC(=O)CCCCC/C=C\C/C=C\C/C=C\C/C=C\C/C=C\CC. The molecule has 0 fully saturated rings. The molecule has 0 aliphatic carbocycles. The Kier molecular flexibility index (Phi) is 51.0. The van der Waals surface area contributed by atoms with E-state index < -0.39 is 6.10 Å². The standard InChI is InChI=1S/C61H98O6/c1-4-7-10-13-16-18-20-22-24-26-28-29-30-31-33-34-36-38-40-42-45-48-51-54-60(63)66-57-58(56-65-59(62)53-50-47-44-15-12-9-6-3)67-61(64)55-52-49-46-43-41-39-37-35-32-27-25-23-21-19-17-14-11-8-5-2/h7-8,10-11,16-19,22-25,28-29,31-33,35,39,41,58H,4-6,9,12-15,20-21,26-27,30,34,36-38,40,42-57H2,1-3H3/b10-7-,11-8-,18-16-,19-17-,24-22-,25-23-,29-28-,33-31-,35-32-,41-39-. The highest BCUT2D eigenvalue weighted by Crippen LogP contribution is 2.13. The minimum atomic E-state index is -0.801. The minimum absolute atomic E-state index is 0.0977. The third-order valence-corrected chi connectivity index (χ3v) is 11.0. The summed E-state index contributed by atoms with van der Waals surface area (Å²) in [6, 6.07) is 0. The quantitative estimate of drug-likeness (QED) is 0.0262. The summed E-state index contributed by atoms with van der Waals surface area (Å²) < 4.78 is 16.7. The normalized spacial score (nSPS) is 13.1. The molecule has 0 spiro atoms. The zero-order valence-electron chi connectivity index (χ0n) is 43.1. The van der Waals surface area contributed by atoms with Crippen LogP contribution in [0.5, 0.6) is 0 Å². The van der Waals surface area contributed by atoms with Gasteiger partial charge in [0.2, 0.25) is 0 Å². The summed E-state index contributed by atoms with van der Waals surface area (Å²) in [4.78, 5) is 37.9. The molecule has 0 saturated heterocycles. The zero-order valence-corrected chi connectivity index (χ0v) is 43.1. The molecule has 0 aromatic rings. The van der Waals surface area contributed by atoms with Crippen LogP contribution in [0.4, 0.5) is 0 Å². The number of allylic oxidation sites excluding steroid dienone is 20. The predicted molar refractivity (Wildman–Crippen MR) is 288 cm³/mol. The van der Waals surface area contributed by atoms with E-state index in [0.29, 0.717) is 12.8 Å². The fraction of sp³-hybridized carbons (Fsp3) is 0.623. The Balaban J connectivity index is 4.33. The smallest absolute Gasteiger partial charge is 0.306 e. The van der Waals surface area contributed by atoms with Gasteiger partial charge in [-0.1, -0.05) is 219 Å². The Labute approximate surface area is 412 Å². The Morgan fingerprint density at radius 1 is 0.313 bits per heavy atom. The molecule has 0 aromatic heterocycles. The van der Waals surface area contributed by atoms with Crippen molar-refractivity contribution in [1.29, 1.82) is 0 Å². The summed E-state index contributed by atoms with van der Waals surface area (Å²) in [6.07, 6.45) is 74.9. The van der Waals surface area contributed by atoms with E-state index in [9.17, 15) is 14.4 Å². The number of rotatable bonds is 47. The second-order valence-corrected chi connectivity index (χ2v) is 17.4. The van der Waals surface area contributed by atoms with E-state index in [1.807, 2.05) is 0 Å². The summed E-state index contributed by atoms with van der Waals surface area (Å²) in [6.45, 7) is 6.32. The van der Waals surface area contributed by atoms with E-state index in [0.717, 1.165) is 135 Å². The zero-order chi connectivity index (χ0) is 48.6. The van der Waals surface area contributed by atoms with Crippen LogP contribution < -0.4 is 0 Å². The van der Waals surface area contributed by atoms with Crippen molar-refractivity contribution in [3.05, 3.63) is 122 Å². The molecule has 67 heavy (non-hydrogen) atoms. The number of carbonyl (C=O) groups is 3. The first-order chi connectivity index (χ1) is 33.0.